The zero-order chi connectivity index (χ0) is 22.1. The van der Waals surface area contributed by atoms with Gasteiger partial charge in [-0.25, -0.2) is 4.99 Å². The van der Waals surface area contributed by atoms with Crippen LogP contribution in [0.2, 0.25) is 0 Å². The minimum absolute atomic E-state index is 0.0782. The molecule has 1 aromatic heterocycles. The Morgan fingerprint density at radius 1 is 1.23 bits per heavy atom. The van der Waals surface area contributed by atoms with Crippen LogP contribution in [-0.2, 0) is 6.54 Å². The molecular formula is C24H35N5OS. The minimum atomic E-state index is -0.0782. The summed E-state index contributed by atoms with van der Waals surface area (Å²) >= 11 is 1.83. The molecule has 2 heterocycles. The summed E-state index contributed by atoms with van der Waals surface area (Å²) in [6.07, 6.45) is 2.52. The van der Waals surface area contributed by atoms with Crippen molar-refractivity contribution in [3.05, 3.63) is 57.8 Å². The predicted octanol–water partition coefficient (Wildman–Crippen LogP) is 3.64. The monoisotopic (exact) mass is 441 g/mol. The number of benzene rings is 1. The number of carbonyl (C=O) groups is 1. The van der Waals surface area contributed by atoms with Gasteiger partial charge in [-0.3, -0.25) is 9.69 Å². The summed E-state index contributed by atoms with van der Waals surface area (Å²) in [7, 11) is 1.65. The molecule has 1 fully saturated rings. The van der Waals surface area contributed by atoms with Crippen LogP contribution in [0.25, 0.3) is 0 Å². The lowest BCUT2D eigenvalue weighted by Gasteiger charge is -2.36. The molecule has 0 spiro atoms. The molecule has 1 saturated heterocycles. The molecule has 1 atom stereocenters. The first-order chi connectivity index (χ1) is 15.1. The molecule has 168 valence electrons. The highest BCUT2D eigenvalue weighted by Gasteiger charge is 2.25. The Kier molecular flexibility index (Phi) is 8.91. The standard InChI is InChI=1S/C24H35N5OS/c1-4-26-24(27-16-19-7-5-8-20(15-19)23(30)25-3)28-17-21(22-9-6-14-31-22)29-12-10-18(2)11-13-29/h5-9,14-15,18,21H,4,10-13,16-17H2,1-3H3,(H,25,30)(H2,26,27,28). The zero-order valence-electron chi connectivity index (χ0n) is 18.9. The number of hydrogen-bond acceptors (Lipinski definition) is 4. The van der Waals surface area contributed by atoms with Crippen molar-refractivity contribution < 1.29 is 4.79 Å². The first-order valence-corrected chi connectivity index (χ1v) is 12.1. The van der Waals surface area contributed by atoms with Gasteiger partial charge in [0.25, 0.3) is 5.91 Å². The fraction of sp³-hybridized carbons (Fsp3) is 0.500. The quantitative estimate of drug-likeness (QED) is 0.432. The first kappa shape index (κ1) is 23.3. The van der Waals surface area contributed by atoms with Crippen LogP contribution in [0.15, 0.2) is 46.8 Å². The summed E-state index contributed by atoms with van der Waals surface area (Å²) in [5.41, 5.74) is 1.67. The van der Waals surface area contributed by atoms with Crippen molar-refractivity contribution in [2.45, 2.75) is 39.3 Å². The summed E-state index contributed by atoms with van der Waals surface area (Å²) in [4.78, 5) is 20.7. The van der Waals surface area contributed by atoms with Crippen LogP contribution in [0.4, 0.5) is 0 Å². The van der Waals surface area contributed by atoms with Crippen molar-refractivity contribution in [2.75, 3.05) is 33.2 Å². The van der Waals surface area contributed by atoms with Gasteiger partial charge in [-0.05, 0) is 67.9 Å². The van der Waals surface area contributed by atoms with Gasteiger partial charge >= 0.3 is 0 Å². The topological polar surface area (TPSA) is 68.8 Å². The van der Waals surface area contributed by atoms with Crippen LogP contribution in [0.3, 0.4) is 0 Å². The maximum atomic E-state index is 11.9. The maximum Gasteiger partial charge on any atom is 0.251 e. The van der Waals surface area contributed by atoms with Crippen LogP contribution in [0.1, 0.15) is 53.5 Å². The van der Waals surface area contributed by atoms with Crippen LogP contribution in [0, 0.1) is 5.92 Å². The van der Waals surface area contributed by atoms with Crippen LogP contribution < -0.4 is 16.0 Å². The van der Waals surface area contributed by atoms with Gasteiger partial charge in [0.2, 0.25) is 0 Å². The number of guanidine groups is 1. The molecule has 31 heavy (non-hydrogen) atoms. The Morgan fingerprint density at radius 2 is 2.03 bits per heavy atom. The lowest BCUT2D eigenvalue weighted by Crippen LogP contribution is -2.45. The highest BCUT2D eigenvalue weighted by molar-refractivity contribution is 7.10. The van der Waals surface area contributed by atoms with E-state index >= 15 is 0 Å². The Hall–Kier alpha value is -2.38. The maximum absolute atomic E-state index is 11.9. The highest BCUT2D eigenvalue weighted by Crippen LogP contribution is 2.29. The highest BCUT2D eigenvalue weighted by atomic mass is 32.1. The number of hydrogen-bond donors (Lipinski definition) is 3. The molecule has 0 saturated carbocycles. The second-order valence-corrected chi connectivity index (χ2v) is 9.08. The molecule has 6 nitrogen and oxygen atoms in total. The number of amides is 1. The van der Waals surface area contributed by atoms with Gasteiger partial charge in [-0.15, -0.1) is 11.3 Å². The van der Waals surface area contributed by atoms with Gasteiger partial charge in [0.05, 0.1) is 12.6 Å². The molecule has 1 unspecified atom stereocenters. The number of nitrogens with zero attached hydrogens (tertiary/aromatic N) is 2. The zero-order valence-corrected chi connectivity index (χ0v) is 19.7. The van der Waals surface area contributed by atoms with E-state index in [0.29, 0.717) is 18.2 Å². The molecular weight excluding hydrogens is 406 g/mol. The lowest BCUT2D eigenvalue weighted by molar-refractivity contribution is 0.0963. The van der Waals surface area contributed by atoms with Crippen molar-refractivity contribution >= 4 is 23.2 Å². The van der Waals surface area contributed by atoms with E-state index in [1.54, 1.807) is 7.05 Å². The average molecular weight is 442 g/mol. The first-order valence-electron chi connectivity index (χ1n) is 11.2. The molecule has 0 radical (unpaired) electrons. The molecule has 1 aliphatic heterocycles. The second-order valence-electron chi connectivity index (χ2n) is 8.11. The summed E-state index contributed by atoms with van der Waals surface area (Å²) < 4.78 is 0. The molecule has 1 aromatic carbocycles. The van der Waals surface area contributed by atoms with E-state index in [1.807, 2.05) is 35.6 Å². The lowest BCUT2D eigenvalue weighted by atomic mass is 9.97. The third-order valence-electron chi connectivity index (χ3n) is 5.77. The molecule has 1 amide bonds. The number of thiophene rings is 1. The Bertz CT molecular complexity index is 843. The number of carbonyl (C=O) groups excluding carboxylic acids is 1. The third-order valence-corrected chi connectivity index (χ3v) is 6.75. The van der Waals surface area contributed by atoms with Crippen LogP contribution in [-0.4, -0.2) is 50.0 Å². The summed E-state index contributed by atoms with van der Waals surface area (Å²) in [6, 6.07) is 12.4. The molecule has 1 aliphatic rings. The summed E-state index contributed by atoms with van der Waals surface area (Å²) in [5.74, 6) is 1.54. The van der Waals surface area contributed by atoms with Crippen molar-refractivity contribution in [1.82, 2.24) is 20.9 Å². The largest absolute Gasteiger partial charge is 0.357 e. The number of nitrogens with one attached hydrogen (secondary N) is 3. The van der Waals surface area contributed by atoms with Crippen molar-refractivity contribution in [3.8, 4) is 0 Å². The van der Waals surface area contributed by atoms with Gasteiger partial charge in [0.15, 0.2) is 5.96 Å². The number of aliphatic imine (C=N–C) groups is 1. The normalized spacial score (nSPS) is 16.7. The van der Waals surface area contributed by atoms with Gasteiger partial charge in [0.1, 0.15) is 0 Å². The second kappa shape index (κ2) is 11.9. The fourth-order valence-electron chi connectivity index (χ4n) is 3.89. The van der Waals surface area contributed by atoms with Crippen molar-refractivity contribution in [2.24, 2.45) is 10.9 Å². The van der Waals surface area contributed by atoms with E-state index in [1.165, 1.54) is 17.7 Å². The molecule has 0 aliphatic carbocycles. The minimum Gasteiger partial charge on any atom is -0.357 e. The predicted molar refractivity (Wildman–Crippen MR) is 130 cm³/mol. The Morgan fingerprint density at radius 3 is 2.71 bits per heavy atom. The number of rotatable bonds is 8. The van der Waals surface area contributed by atoms with Crippen LogP contribution in [0.5, 0.6) is 0 Å². The van der Waals surface area contributed by atoms with Gasteiger partial charge < -0.3 is 16.0 Å². The SMILES string of the molecule is CCNC(=NCc1cccc(C(=O)NC)c1)NCC(c1cccs1)N1CCC(C)CC1. The molecule has 3 rings (SSSR count). The number of piperidine rings is 1. The van der Waals surface area contributed by atoms with Gasteiger partial charge in [0, 0.05) is 30.6 Å². The molecule has 3 N–H and O–H groups in total. The Labute approximate surface area is 190 Å². The molecule has 0 bridgehead atoms. The molecule has 7 heteroatoms. The van der Waals surface area contributed by atoms with E-state index in [9.17, 15) is 4.79 Å². The Balaban J connectivity index is 1.67. The molecule has 2 aromatic rings. The van der Waals surface area contributed by atoms with Gasteiger partial charge in [-0.1, -0.05) is 25.1 Å². The third kappa shape index (κ3) is 6.80. The summed E-state index contributed by atoms with van der Waals surface area (Å²) in [5, 5.41) is 11.7. The fourth-order valence-corrected chi connectivity index (χ4v) is 4.75. The van der Waals surface area contributed by atoms with Gasteiger partial charge in [-0.2, -0.15) is 0 Å². The van der Waals surface area contributed by atoms with Crippen LogP contribution >= 0.6 is 11.3 Å². The average Bonchev–Trinajstić information content (AvgIpc) is 3.33. The van der Waals surface area contributed by atoms with Crippen molar-refractivity contribution in [3.63, 3.8) is 0 Å². The summed E-state index contributed by atoms with van der Waals surface area (Å²) in [6.45, 7) is 8.85. The van der Waals surface area contributed by atoms with E-state index in [-0.39, 0.29) is 5.91 Å². The smallest absolute Gasteiger partial charge is 0.251 e. The van der Waals surface area contributed by atoms with E-state index in [0.717, 1.165) is 43.6 Å². The van der Waals surface area contributed by atoms with Crippen molar-refractivity contribution in [1.29, 1.82) is 0 Å². The number of likely N-dealkylation sites (tertiary alicyclic amines) is 1. The van der Waals surface area contributed by atoms with E-state index in [2.05, 4.69) is 52.2 Å². The van der Waals surface area contributed by atoms with E-state index in [4.69, 9.17) is 4.99 Å². The van der Waals surface area contributed by atoms with E-state index < -0.39 is 0 Å².